The van der Waals surface area contributed by atoms with Crippen molar-refractivity contribution >= 4 is 10.2 Å². The summed E-state index contributed by atoms with van der Waals surface area (Å²) in [6, 6.07) is 7.61. The van der Waals surface area contributed by atoms with Gasteiger partial charge in [0.05, 0.1) is 7.11 Å². The number of hydrogen-bond donors (Lipinski definition) is 2. The molecule has 0 bridgehead atoms. The summed E-state index contributed by atoms with van der Waals surface area (Å²) in [7, 11) is 1.63. The predicted molar refractivity (Wildman–Crippen MR) is 84.8 cm³/mol. The molecule has 0 unspecified atom stereocenters. The minimum atomic E-state index is -3.42. The Balaban J connectivity index is 2.46. The molecule has 0 saturated carbocycles. The van der Waals surface area contributed by atoms with E-state index in [1.165, 1.54) is 4.31 Å². The Hall–Kier alpha value is -1.15. The van der Waals surface area contributed by atoms with E-state index in [-0.39, 0.29) is 0 Å². The van der Waals surface area contributed by atoms with Crippen molar-refractivity contribution in [2.75, 3.05) is 40.8 Å². The normalized spacial score (nSPS) is 11.8. The van der Waals surface area contributed by atoms with Crippen LogP contribution in [0.15, 0.2) is 24.3 Å². The van der Waals surface area contributed by atoms with E-state index < -0.39 is 10.2 Å². The van der Waals surface area contributed by atoms with Gasteiger partial charge in [-0.05, 0) is 38.1 Å². The van der Waals surface area contributed by atoms with Crippen LogP contribution in [0.1, 0.15) is 12.0 Å². The average molecular weight is 315 g/mol. The molecule has 0 aliphatic rings. The molecule has 21 heavy (non-hydrogen) atoms. The van der Waals surface area contributed by atoms with Gasteiger partial charge in [0.2, 0.25) is 0 Å². The first-order chi connectivity index (χ1) is 10.0. The molecule has 1 rings (SSSR count). The van der Waals surface area contributed by atoms with Crippen LogP contribution in [0.3, 0.4) is 0 Å². The summed E-state index contributed by atoms with van der Waals surface area (Å²) >= 11 is 0. The number of methoxy groups -OCH3 is 1. The molecule has 120 valence electrons. The lowest BCUT2D eigenvalue weighted by molar-refractivity contribution is 0.409. The van der Waals surface area contributed by atoms with Crippen molar-refractivity contribution in [3.05, 3.63) is 29.8 Å². The van der Waals surface area contributed by atoms with Crippen LogP contribution in [0.25, 0.3) is 0 Å². The number of nitrogens with zero attached hydrogens (tertiary/aromatic N) is 1. The van der Waals surface area contributed by atoms with Crippen LogP contribution in [0, 0.1) is 0 Å². The summed E-state index contributed by atoms with van der Waals surface area (Å²) < 4.78 is 33.3. The monoisotopic (exact) mass is 315 g/mol. The van der Waals surface area contributed by atoms with Crippen LogP contribution >= 0.6 is 0 Å². The Morgan fingerprint density at radius 2 is 1.95 bits per heavy atom. The van der Waals surface area contributed by atoms with Crippen LogP contribution in [0.5, 0.6) is 5.75 Å². The zero-order chi connectivity index (χ0) is 15.7. The van der Waals surface area contributed by atoms with Crippen LogP contribution in [-0.2, 0) is 16.6 Å². The van der Waals surface area contributed by atoms with Gasteiger partial charge in [0, 0.05) is 20.1 Å². The van der Waals surface area contributed by atoms with Gasteiger partial charge in [0.15, 0.2) is 0 Å². The molecule has 1 aromatic carbocycles. The molecule has 0 saturated heterocycles. The SMILES string of the molecule is CNCCCN(C)S(=O)(=O)NCCc1ccccc1OC. The lowest BCUT2D eigenvalue weighted by Crippen LogP contribution is -2.40. The molecule has 2 N–H and O–H groups in total. The van der Waals surface area contributed by atoms with E-state index >= 15 is 0 Å². The summed E-state index contributed by atoms with van der Waals surface area (Å²) in [5.74, 6) is 0.777. The van der Waals surface area contributed by atoms with Crippen LogP contribution in [0.4, 0.5) is 0 Å². The second kappa shape index (κ2) is 8.99. The Labute approximate surface area is 127 Å². The molecule has 0 heterocycles. The largest absolute Gasteiger partial charge is 0.496 e. The second-order valence-electron chi connectivity index (χ2n) is 4.74. The summed E-state index contributed by atoms with van der Waals surface area (Å²) in [6.07, 6.45) is 1.37. The first-order valence-corrected chi connectivity index (χ1v) is 8.42. The molecule has 6 nitrogen and oxygen atoms in total. The van der Waals surface area contributed by atoms with E-state index in [0.717, 1.165) is 24.3 Å². The number of ether oxygens (including phenoxy) is 1. The van der Waals surface area contributed by atoms with E-state index in [4.69, 9.17) is 4.74 Å². The number of nitrogens with one attached hydrogen (secondary N) is 2. The van der Waals surface area contributed by atoms with Gasteiger partial charge in [-0.3, -0.25) is 0 Å². The van der Waals surface area contributed by atoms with Gasteiger partial charge in [-0.15, -0.1) is 0 Å². The van der Waals surface area contributed by atoms with Crippen molar-refractivity contribution in [1.29, 1.82) is 0 Å². The summed E-state index contributed by atoms with van der Waals surface area (Å²) in [6.45, 7) is 1.63. The highest BCUT2D eigenvalue weighted by Crippen LogP contribution is 2.17. The zero-order valence-corrected chi connectivity index (χ0v) is 13.7. The minimum absolute atomic E-state index is 0.346. The predicted octanol–water partition coefficient (Wildman–Crippen LogP) is 0.613. The van der Waals surface area contributed by atoms with E-state index in [1.54, 1.807) is 14.2 Å². The maximum absolute atomic E-state index is 12.0. The van der Waals surface area contributed by atoms with Gasteiger partial charge in [0.25, 0.3) is 10.2 Å². The molecule has 7 heteroatoms. The third-order valence-electron chi connectivity index (χ3n) is 3.18. The van der Waals surface area contributed by atoms with Crippen LogP contribution in [0.2, 0.25) is 0 Å². The van der Waals surface area contributed by atoms with Crippen molar-refractivity contribution < 1.29 is 13.2 Å². The van der Waals surface area contributed by atoms with Gasteiger partial charge < -0.3 is 10.1 Å². The van der Waals surface area contributed by atoms with E-state index in [2.05, 4.69) is 10.0 Å². The number of para-hydroxylation sites is 1. The molecule has 1 aromatic rings. The minimum Gasteiger partial charge on any atom is -0.496 e. The Morgan fingerprint density at radius 3 is 2.62 bits per heavy atom. The first-order valence-electron chi connectivity index (χ1n) is 6.98. The molecular formula is C14H25N3O3S. The molecule has 0 aliphatic carbocycles. The van der Waals surface area contributed by atoms with Crippen LogP contribution < -0.4 is 14.8 Å². The van der Waals surface area contributed by atoms with Crippen molar-refractivity contribution in [1.82, 2.24) is 14.3 Å². The highest BCUT2D eigenvalue weighted by atomic mass is 32.2. The second-order valence-corrected chi connectivity index (χ2v) is 6.60. The molecule has 0 aromatic heterocycles. The van der Waals surface area contributed by atoms with Gasteiger partial charge in [-0.1, -0.05) is 18.2 Å². The van der Waals surface area contributed by atoms with E-state index in [0.29, 0.717) is 19.5 Å². The van der Waals surface area contributed by atoms with Crippen molar-refractivity contribution in [3.63, 3.8) is 0 Å². The molecule has 0 spiro atoms. The quantitative estimate of drug-likeness (QED) is 0.621. The summed E-state index contributed by atoms with van der Waals surface area (Å²) in [5, 5.41) is 3.00. The molecular weight excluding hydrogens is 290 g/mol. The molecule has 0 fully saturated rings. The zero-order valence-electron chi connectivity index (χ0n) is 12.9. The fraction of sp³-hybridized carbons (Fsp3) is 0.571. The van der Waals surface area contributed by atoms with Gasteiger partial charge in [-0.2, -0.15) is 12.7 Å². The molecule has 0 radical (unpaired) electrons. The summed E-state index contributed by atoms with van der Waals surface area (Å²) in [4.78, 5) is 0. The van der Waals surface area contributed by atoms with Crippen molar-refractivity contribution in [2.24, 2.45) is 0 Å². The fourth-order valence-corrected chi connectivity index (χ4v) is 2.88. The number of rotatable bonds is 10. The smallest absolute Gasteiger partial charge is 0.279 e. The maximum Gasteiger partial charge on any atom is 0.279 e. The Kier molecular flexibility index (Phi) is 7.66. The lowest BCUT2D eigenvalue weighted by Gasteiger charge is -2.17. The van der Waals surface area contributed by atoms with E-state index in [1.807, 2.05) is 31.3 Å². The van der Waals surface area contributed by atoms with Gasteiger partial charge in [-0.25, -0.2) is 4.72 Å². The third-order valence-corrected chi connectivity index (χ3v) is 4.75. The van der Waals surface area contributed by atoms with E-state index in [9.17, 15) is 8.42 Å². The molecule has 0 atom stereocenters. The first kappa shape index (κ1) is 17.9. The molecule has 0 amide bonds. The number of benzene rings is 1. The van der Waals surface area contributed by atoms with Crippen molar-refractivity contribution in [2.45, 2.75) is 12.8 Å². The highest BCUT2D eigenvalue weighted by molar-refractivity contribution is 7.87. The maximum atomic E-state index is 12.0. The number of hydrogen-bond acceptors (Lipinski definition) is 4. The fourth-order valence-electron chi connectivity index (χ4n) is 1.93. The Bertz CT molecular complexity index is 520. The average Bonchev–Trinajstić information content (AvgIpc) is 2.47. The lowest BCUT2D eigenvalue weighted by atomic mass is 10.1. The van der Waals surface area contributed by atoms with Gasteiger partial charge >= 0.3 is 0 Å². The summed E-state index contributed by atoms with van der Waals surface area (Å²) in [5.41, 5.74) is 0.987. The van der Waals surface area contributed by atoms with Crippen LogP contribution in [-0.4, -0.2) is 53.6 Å². The Morgan fingerprint density at radius 1 is 1.24 bits per heavy atom. The third kappa shape index (κ3) is 6.01. The standard InChI is InChI=1S/C14H25N3O3S/c1-15-10-6-12-17(2)21(18,19)16-11-9-13-7-4-5-8-14(13)20-3/h4-5,7-8,15-16H,6,9-12H2,1-3H3. The van der Waals surface area contributed by atoms with Crippen molar-refractivity contribution in [3.8, 4) is 5.75 Å². The molecule has 0 aliphatic heterocycles. The highest BCUT2D eigenvalue weighted by Gasteiger charge is 2.16. The van der Waals surface area contributed by atoms with Gasteiger partial charge in [0.1, 0.15) is 5.75 Å². The topological polar surface area (TPSA) is 70.7 Å².